The molecular weight excluding hydrogens is 341 g/mol. The first kappa shape index (κ1) is 21.0. The molecule has 1 saturated heterocycles. The van der Waals surface area contributed by atoms with Crippen LogP contribution in [0.1, 0.15) is 45.4 Å². The van der Waals surface area contributed by atoms with E-state index in [0.717, 1.165) is 32.1 Å². The van der Waals surface area contributed by atoms with E-state index in [1.807, 2.05) is 20.0 Å². The lowest BCUT2D eigenvalue weighted by Crippen LogP contribution is -2.68. The van der Waals surface area contributed by atoms with Crippen LogP contribution in [-0.4, -0.2) is 71.7 Å². The van der Waals surface area contributed by atoms with Crippen LogP contribution in [0.2, 0.25) is 0 Å². The van der Waals surface area contributed by atoms with Crippen molar-refractivity contribution in [2.45, 2.75) is 62.7 Å². The van der Waals surface area contributed by atoms with Crippen molar-refractivity contribution in [3.63, 3.8) is 0 Å². The van der Waals surface area contributed by atoms with Crippen molar-refractivity contribution in [2.24, 2.45) is 11.8 Å². The van der Waals surface area contributed by atoms with Gasteiger partial charge in [0.05, 0.1) is 45.2 Å². The Balaban J connectivity index is 2.17. The zero-order valence-corrected chi connectivity index (χ0v) is 16.9. The van der Waals surface area contributed by atoms with E-state index in [1.54, 1.807) is 6.92 Å². The summed E-state index contributed by atoms with van der Waals surface area (Å²) in [6, 6.07) is 0. The van der Waals surface area contributed by atoms with Crippen molar-refractivity contribution in [3.05, 3.63) is 0 Å². The van der Waals surface area contributed by atoms with Gasteiger partial charge in [-0.2, -0.15) is 0 Å². The van der Waals surface area contributed by atoms with Gasteiger partial charge in [0.25, 0.3) is 0 Å². The Morgan fingerprint density at radius 2 is 1.88 bits per heavy atom. The Morgan fingerprint density at radius 1 is 1.28 bits per heavy atom. The second-order valence-electron chi connectivity index (χ2n) is 8.67. The van der Waals surface area contributed by atoms with Crippen LogP contribution in [0.5, 0.6) is 0 Å². The van der Waals surface area contributed by atoms with Gasteiger partial charge in [-0.25, -0.2) is 4.52 Å². The van der Waals surface area contributed by atoms with Crippen LogP contribution in [0.3, 0.4) is 0 Å². The SMILES string of the molecule is C[C@]1(O)[C@@H](CCO[P+](C)(C)C)C(=O)N[C@]1(CO)[C@@H](O)C1CCCCC1. The Bertz CT molecular complexity index is 473. The number of amides is 1. The second-order valence-corrected chi connectivity index (χ2v) is 12.7. The van der Waals surface area contributed by atoms with Crippen LogP contribution in [0.4, 0.5) is 0 Å². The molecule has 2 rings (SSSR count). The van der Waals surface area contributed by atoms with Crippen LogP contribution in [0, 0.1) is 11.8 Å². The maximum atomic E-state index is 12.6. The van der Waals surface area contributed by atoms with Crippen molar-refractivity contribution in [2.75, 3.05) is 33.2 Å². The van der Waals surface area contributed by atoms with Gasteiger partial charge in [-0.1, -0.05) is 19.3 Å². The van der Waals surface area contributed by atoms with Gasteiger partial charge in [0.15, 0.2) is 0 Å². The van der Waals surface area contributed by atoms with Crippen LogP contribution < -0.4 is 5.32 Å². The second kappa shape index (κ2) is 7.77. The smallest absolute Gasteiger partial charge is 0.226 e. The number of hydrogen-bond donors (Lipinski definition) is 4. The molecule has 1 heterocycles. The highest BCUT2D eigenvalue weighted by atomic mass is 31.2. The maximum absolute atomic E-state index is 12.6. The number of hydrogen-bond acceptors (Lipinski definition) is 5. The van der Waals surface area contributed by atoms with Gasteiger partial charge < -0.3 is 20.6 Å². The molecule has 25 heavy (non-hydrogen) atoms. The van der Waals surface area contributed by atoms with E-state index in [-0.39, 0.29) is 11.8 Å². The number of aliphatic hydroxyl groups is 3. The average molecular weight is 376 g/mol. The summed E-state index contributed by atoms with van der Waals surface area (Å²) in [5.41, 5.74) is -2.94. The van der Waals surface area contributed by atoms with Gasteiger partial charge in [0.1, 0.15) is 18.6 Å². The molecule has 7 heteroatoms. The van der Waals surface area contributed by atoms with Crippen LogP contribution in [0.15, 0.2) is 0 Å². The fourth-order valence-electron chi connectivity index (χ4n) is 4.37. The van der Waals surface area contributed by atoms with Crippen molar-refractivity contribution < 1.29 is 24.6 Å². The van der Waals surface area contributed by atoms with E-state index >= 15 is 0 Å². The Morgan fingerprint density at radius 3 is 2.40 bits per heavy atom. The quantitative estimate of drug-likeness (QED) is 0.503. The van der Waals surface area contributed by atoms with E-state index in [4.69, 9.17) is 4.52 Å². The van der Waals surface area contributed by atoms with Crippen LogP contribution in [0.25, 0.3) is 0 Å². The van der Waals surface area contributed by atoms with Crippen molar-refractivity contribution in [3.8, 4) is 0 Å². The molecule has 0 aromatic heterocycles. The highest BCUT2D eigenvalue weighted by molar-refractivity contribution is 7.69. The van der Waals surface area contributed by atoms with Crippen molar-refractivity contribution >= 4 is 13.4 Å². The molecule has 4 atom stereocenters. The topological polar surface area (TPSA) is 99.0 Å². The normalized spacial score (nSPS) is 35.6. The number of carbonyl (C=O) groups excluding carboxylic acids is 1. The number of rotatable bonds is 7. The Hall–Kier alpha value is -0.260. The van der Waals surface area contributed by atoms with Gasteiger partial charge in [0.2, 0.25) is 5.91 Å². The number of aliphatic hydroxyl groups excluding tert-OH is 2. The maximum Gasteiger partial charge on any atom is 0.226 e. The fraction of sp³-hybridized carbons (Fsp3) is 0.944. The van der Waals surface area contributed by atoms with Crippen LogP contribution in [-0.2, 0) is 9.32 Å². The predicted octanol–water partition coefficient (Wildman–Crippen LogP) is 1.38. The van der Waals surface area contributed by atoms with Gasteiger partial charge in [0, 0.05) is 0 Å². The third-order valence-electron chi connectivity index (χ3n) is 5.98. The zero-order valence-electron chi connectivity index (χ0n) is 16.0. The lowest BCUT2D eigenvalue weighted by atomic mass is 9.67. The molecule has 0 radical (unpaired) electrons. The minimum atomic E-state index is -1.53. The standard InChI is InChI=1S/C18H34NO5P/c1-17(23)14(10-11-24-25(2,3)4)16(22)19-18(17,12-20)15(21)13-8-6-5-7-9-13/h13-15,20-21,23H,5-12H2,1-4H3/p+1/t14-,15-,17-,18+/m0/s1. The molecule has 1 saturated carbocycles. The Labute approximate surface area is 151 Å². The number of nitrogens with one attached hydrogen (secondary N) is 1. The van der Waals surface area contributed by atoms with Crippen LogP contribution >= 0.6 is 7.49 Å². The molecule has 1 amide bonds. The molecule has 2 fully saturated rings. The molecule has 0 aromatic carbocycles. The summed E-state index contributed by atoms with van der Waals surface area (Å²) in [6.07, 6.45) is 4.34. The summed E-state index contributed by atoms with van der Waals surface area (Å²) in [6.45, 7) is 7.60. The third-order valence-corrected chi connectivity index (χ3v) is 6.94. The average Bonchev–Trinajstić information content (AvgIpc) is 2.74. The molecular formula is C18H35NO5P+. The minimum absolute atomic E-state index is 0.0109. The first-order valence-corrected chi connectivity index (χ1v) is 12.4. The molecule has 146 valence electrons. The molecule has 1 aliphatic heterocycles. The van der Waals surface area contributed by atoms with E-state index in [2.05, 4.69) is 5.32 Å². The first-order valence-electron chi connectivity index (χ1n) is 9.34. The first-order chi connectivity index (χ1) is 11.5. The highest BCUT2D eigenvalue weighted by Crippen LogP contribution is 2.49. The molecule has 4 N–H and O–H groups in total. The zero-order chi connectivity index (χ0) is 18.9. The summed E-state index contributed by atoms with van der Waals surface area (Å²) in [5, 5.41) is 35.1. The van der Waals surface area contributed by atoms with Gasteiger partial charge in [-0.15, -0.1) is 0 Å². The number of carbonyl (C=O) groups is 1. The molecule has 0 unspecified atom stereocenters. The van der Waals surface area contributed by atoms with Crippen molar-refractivity contribution in [1.29, 1.82) is 0 Å². The summed E-state index contributed by atoms with van der Waals surface area (Å²) in [4.78, 5) is 12.6. The molecule has 0 bridgehead atoms. The van der Waals surface area contributed by atoms with Gasteiger partial charge in [-0.3, -0.25) is 4.79 Å². The van der Waals surface area contributed by atoms with E-state index in [9.17, 15) is 20.1 Å². The molecule has 0 spiro atoms. The van der Waals surface area contributed by atoms with Gasteiger partial charge in [-0.05, 0) is 32.1 Å². The minimum Gasteiger partial charge on any atom is -0.394 e. The molecule has 0 aromatic rings. The van der Waals surface area contributed by atoms with Crippen molar-refractivity contribution in [1.82, 2.24) is 5.32 Å². The molecule has 2 aliphatic rings. The largest absolute Gasteiger partial charge is 0.394 e. The lowest BCUT2D eigenvalue weighted by Gasteiger charge is -2.46. The molecule has 6 nitrogen and oxygen atoms in total. The van der Waals surface area contributed by atoms with Gasteiger partial charge >= 0.3 is 0 Å². The molecule has 1 aliphatic carbocycles. The predicted molar refractivity (Wildman–Crippen MR) is 99.9 cm³/mol. The van der Waals surface area contributed by atoms with E-state index in [0.29, 0.717) is 13.0 Å². The summed E-state index contributed by atoms with van der Waals surface area (Å²) in [5.74, 6) is -1.03. The van der Waals surface area contributed by atoms with E-state index < -0.39 is 37.3 Å². The highest BCUT2D eigenvalue weighted by Gasteiger charge is 2.64. The Kier molecular flexibility index (Phi) is 6.54. The summed E-state index contributed by atoms with van der Waals surface area (Å²) >= 11 is 0. The lowest BCUT2D eigenvalue weighted by molar-refractivity contribution is -0.132. The summed E-state index contributed by atoms with van der Waals surface area (Å²) in [7, 11) is -1.43. The fourth-order valence-corrected chi connectivity index (χ4v) is 5.03. The summed E-state index contributed by atoms with van der Waals surface area (Å²) < 4.78 is 5.81. The monoisotopic (exact) mass is 376 g/mol. The third kappa shape index (κ3) is 4.19. The van der Waals surface area contributed by atoms with E-state index in [1.165, 1.54) is 0 Å².